The van der Waals surface area contributed by atoms with E-state index in [1.165, 1.54) is 0 Å². The zero-order chi connectivity index (χ0) is 9.42. The number of pyridine rings is 1. The molecule has 0 aliphatic heterocycles. The SMILES string of the molecule is Cc1ccc2c(=O)[nH]c(N)nc2n1. The van der Waals surface area contributed by atoms with Crippen LogP contribution in [0.2, 0.25) is 0 Å². The number of hydrogen-bond acceptors (Lipinski definition) is 4. The molecule has 0 spiro atoms. The van der Waals surface area contributed by atoms with Crippen molar-refractivity contribution in [3.63, 3.8) is 0 Å². The Hall–Kier alpha value is -1.91. The molecule has 0 bridgehead atoms. The highest BCUT2D eigenvalue weighted by Crippen LogP contribution is 2.04. The molecule has 0 unspecified atom stereocenters. The number of hydrogen-bond donors (Lipinski definition) is 2. The number of H-pyrrole nitrogens is 1. The van der Waals surface area contributed by atoms with Crippen LogP contribution in [-0.4, -0.2) is 15.0 Å². The molecular formula is C8H8N4O. The van der Waals surface area contributed by atoms with E-state index < -0.39 is 0 Å². The number of aromatic nitrogens is 3. The van der Waals surface area contributed by atoms with Gasteiger partial charge in [0, 0.05) is 5.69 Å². The van der Waals surface area contributed by atoms with Crippen LogP contribution in [0, 0.1) is 6.92 Å². The van der Waals surface area contributed by atoms with E-state index in [-0.39, 0.29) is 11.5 Å². The Morgan fingerprint density at radius 2 is 2.15 bits per heavy atom. The Balaban J connectivity index is 2.95. The van der Waals surface area contributed by atoms with Gasteiger partial charge in [-0.1, -0.05) is 0 Å². The molecule has 13 heavy (non-hydrogen) atoms. The summed E-state index contributed by atoms with van der Waals surface area (Å²) in [5.41, 5.74) is 6.31. The first-order valence-electron chi connectivity index (χ1n) is 3.80. The molecule has 0 saturated carbocycles. The Morgan fingerprint density at radius 3 is 2.92 bits per heavy atom. The maximum Gasteiger partial charge on any atom is 0.261 e. The highest BCUT2D eigenvalue weighted by Gasteiger charge is 2.01. The van der Waals surface area contributed by atoms with Gasteiger partial charge in [0.2, 0.25) is 5.95 Å². The first-order valence-corrected chi connectivity index (χ1v) is 3.80. The molecule has 0 saturated heterocycles. The number of nitrogens with one attached hydrogen (secondary N) is 1. The first-order chi connectivity index (χ1) is 6.16. The van der Waals surface area contributed by atoms with Crippen LogP contribution < -0.4 is 11.3 Å². The van der Waals surface area contributed by atoms with E-state index in [0.717, 1.165) is 5.69 Å². The summed E-state index contributed by atoms with van der Waals surface area (Å²) >= 11 is 0. The third-order valence-corrected chi connectivity index (χ3v) is 1.73. The third-order valence-electron chi connectivity index (χ3n) is 1.73. The van der Waals surface area contributed by atoms with Crippen molar-refractivity contribution in [3.8, 4) is 0 Å². The van der Waals surface area contributed by atoms with Gasteiger partial charge in [-0.15, -0.1) is 0 Å². The predicted octanol–water partition coefficient (Wildman–Crippen LogP) is 0.209. The second-order valence-corrected chi connectivity index (χ2v) is 2.77. The molecule has 0 fully saturated rings. The molecule has 2 heterocycles. The first kappa shape index (κ1) is 7.72. The molecule has 2 aromatic heterocycles. The molecule has 0 amide bonds. The molecule has 5 nitrogen and oxygen atoms in total. The van der Waals surface area contributed by atoms with Gasteiger partial charge in [-0.3, -0.25) is 9.78 Å². The molecule has 2 aromatic rings. The van der Waals surface area contributed by atoms with Gasteiger partial charge in [0.25, 0.3) is 5.56 Å². The molecule has 0 aliphatic rings. The average Bonchev–Trinajstić information content (AvgIpc) is 2.02. The van der Waals surface area contributed by atoms with Crippen molar-refractivity contribution in [2.24, 2.45) is 0 Å². The molecule has 0 atom stereocenters. The van der Waals surface area contributed by atoms with Gasteiger partial charge in [-0.2, -0.15) is 4.98 Å². The van der Waals surface area contributed by atoms with E-state index in [0.29, 0.717) is 11.0 Å². The summed E-state index contributed by atoms with van der Waals surface area (Å²) < 4.78 is 0. The van der Waals surface area contributed by atoms with Gasteiger partial charge >= 0.3 is 0 Å². The Labute approximate surface area is 73.6 Å². The normalized spacial score (nSPS) is 10.5. The van der Waals surface area contributed by atoms with E-state index in [9.17, 15) is 4.79 Å². The van der Waals surface area contributed by atoms with Crippen LogP contribution in [-0.2, 0) is 0 Å². The lowest BCUT2D eigenvalue weighted by atomic mass is 10.3. The summed E-state index contributed by atoms with van der Waals surface area (Å²) in [6.45, 7) is 1.83. The summed E-state index contributed by atoms with van der Waals surface area (Å²) in [7, 11) is 0. The van der Waals surface area contributed by atoms with Crippen molar-refractivity contribution in [3.05, 3.63) is 28.2 Å². The summed E-state index contributed by atoms with van der Waals surface area (Å²) in [5.74, 6) is 0.0931. The molecule has 0 radical (unpaired) electrons. The second kappa shape index (κ2) is 2.55. The lowest BCUT2D eigenvalue weighted by Crippen LogP contribution is -2.11. The standard InChI is InChI=1S/C8H8N4O/c1-4-2-3-5-6(10-4)11-8(9)12-7(5)13/h2-3H,1H3,(H3,9,10,11,12,13). The summed E-state index contributed by atoms with van der Waals surface area (Å²) in [5, 5.41) is 0.458. The number of aryl methyl sites for hydroxylation is 1. The maximum absolute atomic E-state index is 11.3. The smallest absolute Gasteiger partial charge is 0.261 e. The van der Waals surface area contributed by atoms with Crippen LogP contribution in [0.1, 0.15) is 5.69 Å². The van der Waals surface area contributed by atoms with Crippen LogP contribution in [0.25, 0.3) is 11.0 Å². The van der Waals surface area contributed by atoms with Crippen LogP contribution in [0.3, 0.4) is 0 Å². The lowest BCUT2D eigenvalue weighted by molar-refractivity contribution is 1.13. The average molecular weight is 176 g/mol. The Bertz CT molecular complexity index is 512. The fourth-order valence-corrected chi connectivity index (χ4v) is 1.13. The van der Waals surface area contributed by atoms with Crippen LogP contribution >= 0.6 is 0 Å². The topological polar surface area (TPSA) is 84.7 Å². The van der Waals surface area contributed by atoms with Gasteiger partial charge < -0.3 is 5.73 Å². The zero-order valence-electron chi connectivity index (χ0n) is 7.03. The molecule has 5 heteroatoms. The van der Waals surface area contributed by atoms with Crippen molar-refractivity contribution in [2.75, 3.05) is 5.73 Å². The number of nitrogen functional groups attached to an aromatic ring is 1. The number of anilines is 1. The number of nitrogens with two attached hydrogens (primary N) is 1. The molecule has 0 aliphatic carbocycles. The highest BCUT2D eigenvalue weighted by molar-refractivity contribution is 5.74. The van der Waals surface area contributed by atoms with Gasteiger partial charge in [-0.25, -0.2) is 4.98 Å². The Morgan fingerprint density at radius 1 is 1.38 bits per heavy atom. The van der Waals surface area contributed by atoms with Crippen LogP contribution in [0.5, 0.6) is 0 Å². The fourth-order valence-electron chi connectivity index (χ4n) is 1.13. The van der Waals surface area contributed by atoms with E-state index in [1.54, 1.807) is 12.1 Å². The van der Waals surface area contributed by atoms with Gasteiger partial charge in [-0.05, 0) is 19.1 Å². The minimum atomic E-state index is -0.255. The van der Waals surface area contributed by atoms with E-state index in [4.69, 9.17) is 5.73 Å². The highest BCUT2D eigenvalue weighted by atomic mass is 16.1. The quantitative estimate of drug-likeness (QED) is 0.600. The zero-order valence-corrected chi connectivity index (χ0v) is 7.03. The van der Waals surface area contributed by atoms with Crippen molar-refractivity contribution in [1.29, 1.82) is 0 Å². The summed E-state index contributed by atoms with van der Waals surface area (Å²) in [6, 6.07) is 3.44. The van der Waals surface area contributed by atoms with Gasteiger partial charge in [0.15, 0.2) is 5.65 Å². The Kier molecular flexibility index (Phi) is 1.51. The van der Waals surface area contributed by atoms with Crippen molar-refractivity contribution >= 4 is 17.0 Å². The third kappa shape index (κ3) is 1.24. The minimum Gasteiger partial charge on any atom is -0.369 e. The van der Waals surface area contributed by atoms with Crippen LogP contribution in [0.15, 0.2) is 16.9 Å². The molecule has 2 rings (SSSR count). The largest absolute Gasteiger partial charge is 0.369 e. The van der Waals surface area contributed by atoms with Gasteiger partial charge in [0.1, 0.15) is 0 Å². The van der Waals surface area contributed by atoms with Crippen molar-refractivity contribution < 1.29 is 0 Å². The minimum absolute atomic E-state index is 0.0931. The fraction of sp³-hybridized carbons (Fsp3) is 0.125. The molecule has 0 aromatic carbocycles. The number of aromatic amines is 1. The monoisotopic (exact) mass is 176 g/mol. The number of nitrogens with zero attached hydrogens (tertiary/aromatic N) is 2. The van der Waals surface area contributed by atoms with E-state index in [2.05, 4.69) is 15.0 Å². The molecular weight excluding hydrogens is 168 g/mol. The number of fused-ring (bicyclic) bond motifs is 1. The second-order valence-electron chi connectivity index (χ2n) is 2.77. The summed E-state index contributed by atoms with van der Waals surface area (Å²) in [6.07, 6.45) is 0. The van der Waals surface area contributed by atoms with E-state index in [1.807, 2.05) is 6.92 Å². The number of rotatable bonds is 0. The molecule has 3 N–H and O–H groups in total. The lowest BCUT2D eigenvalue weighted by Gasteiger charge is -1.97. The van der Waals surface area contributed by atoms with E-state index >= 15 is 0 Å². The maximum atomic E-state index is 11.3. The summed E-state index contributed by atoms with van der Waals surface area (Å²) in [4.78, 5) is 21.7. The van der Waals surface area contributed by atoms with Crippen molar-refractivity contribution in [1.82, 2.24) is 15.0 Å². The molecule has 66 valence electrons. The van der Waals surface area contributed by atoms with Crippen molar-refractivity contribution in [2.45, 2.75) is 6.92 Å². The predicted molar refractivity (Wildman–Crippen MR) is 49.3 cm³/mol. The van der Waals surface area contributed by atoms with Crippen LogP contribution in [0.4, 0.5) is 5.95 Å². The van der Waals surface area contributed by atoms with Gasteiger partial charge in [0.05, 0.1) is 5.39 Å².